The second-order valence-electron chi connectivity index (χ2n) is 8.74. The molecule has 0 fully saturated rings. The van der Waals surface area contributed by atoms with Crippen molar-refractivity contribution >= 4 is 5.97 Å². The summed E-state index contributed by atoms with van der Waals surface area (Å²) in [4.78, 5) is 10.8. The maximum Gasteiger partial charge on any atom is 0.416 e. The van der Waals surface area contributed by atoms with Gasteiger partial charge >= 0.3 is 12.1 Å². The molecule has 1 unspecified atom stereocenters. The van der Waals surface area contributed by atoms with Gasteiger partial charge in [0.15, 0.2) is 0 Å². The third-order valence-corrected chi connectivity index (χ3v) is 5.79. The van der Waals surface area contributed by atoms with Gasteiger partial charge in [0, 0.05) is 12.8 Å². The molecule has 0 heterocycles. The van der Waals surface area contributed by atoms with Crippen molar-refractivity contribution in [2.24, 2.45) is 0 Å². The van der Waals surface area contributed by atoms with Crippen LogP contribution in [0.2, 0.25) is 0 Å². The van der Waals surface area contributed by atoms with Crippen LogP contribution < -0.4 is 14.2 Å². The van der Waals surface area contributed by atoms with Gasteiger partial charge in [0.1, 0.15) is 29.1 Å². The van der Waals surface area contributed by atoms with Crippen LogP contribution in [0.25, 0.3) is 0 Å². The molecule has 198 valence electrons. The van der Waals surface area contributed by atoms with Crippen LogP contribution in [0.1, 0.15) is 49.3 Å². The number of carboxylic acids is 1. The number of benzene rings is 3. The van der Waals surface area contributed by atoms with Gasteiger partial charge in [0.25, 0.3) is 0 Å². The van der Waals surface area contributed by atoms with Crippen molar-refractivity contribution in [1.82, 2.24) is 0 Å². The average molecular weight is 517 g/mol. The molecule has 1 N–H and O–H groups in total. The van der Waals surface area contributed by atoms with Crippen LogP contribution in [0.3, 0.4) is 0 Å². The number of halogens is 3. The van der Waals surface area contributed by atoms with Crippen LogP contribution in [0, 0.1) is 6.92 Å². The molecule has 0 saturated carbocycles. The van der Waals surface area contributed by atoms with Gasteiger partial charge in [-0.25, -0.2) is 0 Å². The van der Waals surface area contributed by atoms with Gasteiger partial charge in [-0.1, -0.05) is 19.4 Å². The lowest BCUT2D eigenvalue weighted by Gasteiger charge is -2.19. The molecule has 0 amide bonds. The van der Waals surface area contributed by atoms with Crippen LogP contribution >= 0.6 is 0 Å². The van der Waals surface area contributed by atoms with E-state index in [1.54, 1.807) is 24.3 Å². The Balaban J connectivity index is 1.50. The zero-order valence-electron chi connectivity index (χ0n) is 20.9. The third-order valence-electron chi connectivity index (χ3n) is 5.79. The lowest BCUT2D eigenvalue weighted by atomic mass is 10.0. The minimum absolute atomic E-state index is 0.0531. The summed E-state index contributed by atoms with van der Waals surface area (Å²) >= 11 is 0. The van der Waals surface area contributed by atoms with Crippen molar-refractivity contribution in [3.63, 3.8) is 0 Å². The summed E-state index contributed by atoms with van der Waals surface area (Å²) in [6, 6.07) is 17.2. The Morgan fingerprint density at radius 2 is 1.49 bits per heavy atom. The van der Waals surface area contributed by atoms with Crippen LogP contribution in [-0.2, 0) is 17.4 Å². The topological polar surface area (TPSA) is 65.0 Å². The van der Waals surface area contributed by atoms with Gasteiger partial charge in [0.05, 0.1) is 12.2 Å². The SMILES string of the molecule is CCCC(CCOc1ccc(CCC(=O)O)c(C)c1)Oc1ccc(Oc2ccc(C(F)(F)F)cc2)cc1. The minimum atomic E-state index is -4.38. The van der Waals surface area contributed by atoms with Gasteiger partial charge < -0.3 is 19.3 Å². The predicted molar refractivity (Wildman–Crippen MR) is 135 cm³/mol. The van der Waals surface area contributed by atoms with Crippen molar-refractivity contribution < 1.29 is 37.3 Å². The smallest absolute Gasteiger partial charge is 0.416 e. The fourth-order valence-electron chi connectivity index (χ4n) is 3.80. The Bertz CT molecular complexity index is 1140. The highest BCUT2D eigenvalue weighted by atomic mass is 19.4. The molecule has 0 saturated heterocycles. The number of carbonyl (C=O) groups is 1. The summed E-state index contributed by atoms with van der Waals surface area (Å²) in [6.07, 6.45) is -1.39. The van der Waals surface area contributed by atoms with E-state index >= 15 is 0 Å². The molecule has 3 aromatic rings. The highest BCUT2D eigenvalue weighted by molar-refractivity contribution is 5.67. The largest absolute Gasteiger partial charge is 0.493 e. The van der Waals surface area contributed by atoms with Crippen molar-refractivity contribution in [3.05, 3.63) is 83.4 Å². The summed E-state index contributed by atoms with van der Waals surface area (Å²) < 4.78 is 55.8. The Labute approximate surface area is 214 Å². The highest BCUT2D eigenvalue weighted by Crippen LogP contribution is 2.32. The van der Waals surface area contributed by atoms with Crippen LogP contribution in [0.15, 0.2) is 66.7 Å². The van der Waals surface area contributed by atoms with Crippen molar-refractivity contribution in [1.29, 1.82) is 0 Å². The number of aryl methyl sites for hydroxylation is 2. The molecule has 0 aromatic heterocycles. The van der Waals surface area contributed by atoms with Crippen molar-refractivity contribution in [2.75, 3.05) is 6.61 Å². The minimum Gasteiger partial charge on any atom is -0.493 e. The van der Waals surface area contributed by atoms with E-state index in [4.69, 9.17) is 19.3 Å². The van der Waals surface area contributed by atoms with Gasteiger partial charge in [-0.3, -0.25) is 4.79 Å². The van der Waals surface area contributed by atoms with Crippen LogP contribution in [0.4, 0.5) is 13.2 Å². The molecular formula is C29H31F3O5. The molecule has 0 spiro atoms. The first kappa shape index (κ1) is 27.9. The Hall–Kier alpha value is -3.68. The van der Waals surface area contributed by atoms with E-state index in [0.717, 1.165) is 41.9 Å². The highest BCUT2D eigenvalue weighted by Gasteiger charge is 2.30. The van der Waals surface area contributed by atoms with Crippen LogP contribution in [0.5, 0.6) is 23.0 Å². The monoisotopic (exact) mass is 516 g/mol. The summed E-state index contributed by atoms with van der Waals surface area (Å²) in [7, 11) is 0. The Kier molecular flexibility index (Phi) is 9.83. The first-order valence-corrected chi connectivity index (χ1v) is 12.2. The van der Waals surface area contributed by atoms with E-state index in [1.807, 2.05) is 25.1 Å². The molecule has 1 atom stereocenters. The van der Waals surface area contributed by atoms with Gasteiger partial charge in [-0.2, -0.15) is 13.2 Å². The summed E-state index contributed by atoms with van der Waals surface area (Å²) in [5, 5.41) is 8.87. The van der Waals surface area contributed by atoms with E-state index in [2.05, 4.69) is 6.92 Å². The third kappa shape index (κ3) is 9.04. The number of hydrogen-bond donors (Lipinski definition) is 1. The second kappa shape index (κ2) is 13.0. The molecule has 0 aliphatic heterocycles. The number of aliphatic carboxylic acids is 1. The maximum atomic E-state index is 12.7. The fourth-order valence-corrected chi connectivity index (χ4v) is 3.80. The molecule has 0 radical (unpaired) electrons. The molecular weight excluding hydrogens is 485 g/mol. The molecule has 37 heavy (non-hydrogen) atoms. The van der Waals surface area contributed by atoms with Crippen molar-refractivity contribution in [2.45, 2.75) is 58.2 Å². The van der Waals surface area contributed by atoms with E-state index in [0.29, 0.717) is 36.7 Å². The molecule has 5 nitrogen and oxygen atoms in total. The molecule has 3 aromatic carbocycles. The molecule has 0 aliphatic carbocycles. The summed E-state index contributed by atoms with van der Waals surface area (Å²) in [5.74, 6) is 1.38. The van der Waals surface area contributed by atoms with E-state index in [1.165, 1.54) is 12.1 Å². The van der Waals surface area contributed by atoms with Gasteiger partial charge in [-0.15, -0.1) is 0 Å². The first-order valence-electron chi connectivity index (χ1n) is 12.2. The summed E-state index contributed by atoms with van der Waals surface area (Å²) in [5.41, 5.74) is 1.27. The number of hydrogen-bond acceptors (Lipinski definition) is 4. The van der Waals surface area contributed by atoms with Gasteiger partial charge in [-0.05, 0) is 91.6 Å². The zero-order valence-corrected chi connectivity index (χ0v) is 20.9. The Morgan fingerprint density at radius 3 is 2.05 bits per heavy atom. The van der Waals surface area contributed by atoms with Gasteiger partial charge in [0.2, 0.25) is 0 Å². The number of rotatable bonds is 13. The molecule has 0 bridgehead atoms. The standard InChI is InChI=1S/C29H31F3O5/c1-3-4-23(17-18-35-27-9-5-21(20(2)19-27)6-16-28(33)34)36-25-12-14-26(15-13-25)37-24-10-7-22(8-11-24)29(30,31)32/h5,7-15,19,23H,3-4,6,16-18H2,1-2H3,(H,33,34). The van der Waals surface area contributed by atoms with Crippen LogP contribution in [-0.4, -0.2) is 23.8 Å². The molecule has 3 rings (SSSR count). The zero-order chi connectivity index (χ0) is 26.8. The van der Waals surface area contributed by atoms with E-state index in [-0.39, 0.29) is 12.5 Å². The quantitative estimate of drug-likeness (QED) is 0.251. The number of carboxylic acid groups (broad SMARTS) is 1. The Morgan fingerprint density at radius 1 is 0.892 bits per heavy atom. The predicted octanol–water partition coefficient (Wildman–Crippen LogP) is 7.84. The lowest BCUT2D eigenvalue weighted by molar-refractivity contribution is -0.138. The second-order valence-corrected chi connectivity index (χ2v) is 8.74. The van der Waals surface area contributed by atoms with E-state index in [9.17, 15) is 18.0 Å². The average Bonchev–Trinajstić information content (AvgIpc) is 2.84. The first-order chi connectivity index (χ1) is 17.6. The molecule has 8 heteroatoms. The number of alkyl halides is 3. The number of ether oxygens (including phenoxy) is 3. The molecule has 0 aliphatic rings. The normalized spacial score (nSPS) is 12.1. The van der Waals surface area contributed by atoms with Crippen molar-refractivity contribution in [3.8, 4) is 23.0 Å². The summed E-state index contributed by atoms with van der Waals surface area (Å²) in [6.45, 7) is 4.49. The fraction of sp³-hybridized carbons (Fsp3) is 0.345. The lowest BCUT2D eigenvalue weighted by Crippen LogP contribution is -2.19. The van der Waals surface area contributed by atoms with E-state index < -0.39 is 17.7 Å². The maximum absolute atomic E-state index is 12.7.